The van der Waals surface area contributed by atoms with E-state index in [-0.39, 0.29) is 5.78 Å². The quantitative estimate of drug-likeness (QED) is 0.611. The fourth-order valence-electron chi connectivity index (χ4n) is 1.53. The van der Waals surface area contributed by atoms with Crippen LogP contribution in [0.3, 0.4) is 0 Å². The zero-order chi connectivity index (χ0) is 13.7. The average Bonchev–Trinajstić information content (AvgIpc) is 2.41. The summed E-state index contributed by atoms with van der Waals surface area (Å²) in [6, 6.07) is 16.5. The minimum Gasteiger partial charge on any atom is -0.454 e. The number of ketones is 1. The van der Waals surface area contributed by atoms with Gasteiger partial charge in [0.25, 0.3) is 0 Å². The van der Waals surface area contributed by atoms with Crippen molar-refractivity contribution in [2.45, 2.75) is 6.92 Å². The highest BCUT2D eigenvalue weighted by atomic mass is 35.5. The Kier molecular flexibility index (Phi) is 4.37. The van der Waals surface area contributed by atoms with Gasteiger partial charge in [-0.15, -0.1) is 0 Å². The van der Waals surface area contributed by atoms with Crippen molar-refractivity contribution in [2.24, 2.45) is 0 Å². The molecule has 0 radical (unpaired) electrons. The maximum absolute atomic E-state index is 11.6. The Morgan fingerprint density at radius 2 is 1.68 bits per heavy atom. The lowest BCUT2D eigenvalue weighted by molar-refractivity contribution is -0.115. The molecule has 0 amide bonds. The Morgan fingerprint density at radius 3 is 2.26 bits per heavy atom. The van der Waals surface area contributed by atoms with Crippen LogP contribution < -0.4 is 4.74 Å². The van der Waals surface area contributed by atoms with Crippen LogP contribution in [0.1, 0.15) is 12.5 Å². The van der Waals surface area contributed by atoms with E-state index in [0.29, 0.717) is 16.5 Å². The van der Waals surface area contributed by atoms with E-state index in [1.807, 2.05) is 30.3 Å². The van der Waals surface area contributed by atoms with Crippen LogP contribution >= 0.6 is 11.6 Å². The monoisotopic (exact) mass is 272 g/mol. The van der Waals surface area contributed by atoms with E-state index in [0.717, 1.165) is 5.56 Å². The average molecular weight is 273 g/mol. The van der Waals surface area contributed by atoms with Gasteiger partial charge in [0.05, 0.1) is 0 Å². The molecule has 2 nitrogen and oxygen atoms in total. The second-order valence-corrected chi connectivity index (χ2v) is 4.47. The van der Waals surface area contributed by atoms with Crippen molar-refractivity contribution >= 4 is 23.5 Å². The summed E-state index contributed by atoms with van der Waals surface area (Å²) >= 11 is 5.80. The molecule has 0 aliphatic carbocycles. The normalized spacial score (nSPS) is 11.2. The summed E-state index contributed by atoms with van der Waals surface area (Å²) in [6.07, 6.45) is 1.72. The molecule has 2 aromatic rings. The van der Waals surface area contributed by atoms with Crippen molar-refractivity contribution < 1.29 is 9.53 Å². The minimum absolute atomic E-state index is 0.126. The number of halogens is 1. The number of ether oxygens (including phenoxy) is 1. The van der Waals surface area contributed by atoms with Crippen molar-refractivity contribution in [1.29, 1.82) is 0 Å². The third kappa shape index (κ3) is 3.97. The van der Waals surface area contributed by atoms with Crippen LogP contribution in [0.15, 0.2) is 60.4 Å². The smallest absolute Gasteiger partial charge is 0.194 e. The lowest BCUT2D eigenvalue weighted by Crippen LogP contribution is -2.04. The number of carbonyl (C=O) groups excluding carboxylic acids is 1. The van der Waals surface area contributed by atoms with Gasteiger partial charge in [0, 0.05) is 11.9 Å². The highest BCUT2D eigenvalue weighted by molar-refractivity contribution is 6.30. The van der Waals surface area contributed by atoms with Gasteiger partial charge in [-0.1, -0.05) is 41.9 Å². The van der Waals surface area contributed by atoms with E-state index in [9.17, 15) is 4.79 Å². The molecule has 3 heteroatoms. The van der Waals surface area contributed by atoms with E-state index >= 15 is 0 Å². The Morgan fingerprint density at radius 1 is 1.05 bits per heavy atom. The minimum atomic E-state index is -0.126. The van der Waals surface area contributed by atoms with Crippen molar-refractivity contribution in [2.75, 3.05) is 0 Å². The molecule has 19 heavy (non-hydrogen) atoms. The first-order chi connectivity index (χ1) is 9.15. The molecule has 0 atom stereocenters. The fraction of sp³-hybridized carbons (Fsp3) is 0.0625. The molecule has 0 saturated heterocycles. The lowest BCUT2D eigenvalue weighted by atomic mass is 10.2. The first-order valence-corrected chi connectivity index (χ1v) is 6.24. The van der Waals surface area contributed by atoms with E-state index < -0.39 is 0 Å². The first kappa shape index (κ1) is 13.4. The number of allylic oxidation sites excluding steroid dienone is 1. The predicted octanol–water partition coefficient (Wildman–Crippen LogP) is 4.35. The number of rotatable bonds is 4. The summed E-state index contributed by atoms with van der Waals surface area (Å²) in [7, 11) is 0. The Bertz CT molecular complexity index is 586. The molecule has 0 heterocycles. The van der Waals surface area contributed by atoms with Crippen molar-refractivity contribution in [3.8, 4) is 5.75 Å². The molecule has 0 spiro atoms. The van der Waals surface area contributed by atoms with Gasteiger partial charge < -0.3 is 4.74 Å². The zero-order valence-electron chi connectivity index (χ0n) is 10.5. The SMILES string of the molecule is CC(=O)/C(=C/c1ccccc1)Oc1ccc(Cl)cc1. The number of hydrogen-bond donors (Lipinski definition) is 0. The molecule has 96 valence electrons. The van der Waals surface area contributed by atoms with E-state index in [1.165, 1.54) is 6.92 Å². The molecule has 0 fully saturated rings. The summed E-state index contributed by atoms with van der Waals surface area (Å²) in [5, 5.41) is 0.628. The standard InChI is InChI=1S/C16H13ClO2/c1-12(18)16(11-13-5-3-2-4-6-13)19-15-9-7-14(17)8-10-15/h2-11H,1H3/b16-11-. The van der Waals surface area contributed by atoms with E-state index in [1.54, 1.807) is 30.3 Å². The van der Waals surface area contributed by atoms with Gasteiger partial charge in [0.1, 0.15) is 5.75 Å². The van der Waals surface area contributed by atoms with Gasteiger partial charge in [-0.25, -0.2) is 0 Å². The fourth-order valence-corrected chi connectivity index (χ4v) is 1.66. The van der Waals surface area contributed by atoms with Crippen molar-refractivity contribution in [3.63, 3.8) is 0 Å². The molecule has 0 unspecified atom stereocenters. The van der Waals surface area contributed by atoms with Crippen LogP contribution in [0.5, 0.6) is 5.75 Å². The summed E-state index contributed by atoms with van der Waals surface area (Å²) < 4.78 is 5.59. The predicted molar refractivity (Wildman–Crippen MR) is 77.2 cm³/mol. The van der Waals surface area contributed by atoms with Crippen LogP contribution in [-0.4, -0.2) is 5.78 Å². The first-order valence-electron chi connectivity index (χ1n) is 5.86. The van der Waals surface area contributed by atoms with Crippen molar-refractivity contribution in [1.82, 2.24) is 0 Å². The second kappa shape index (κ2) is 6.21. The molecule has 0 aliphatic rings. The molecule has 2 rings (SSSR count). The van der Waals surface area contributed by atoms with Crippen LogP contribution in [0.25, 0.3) is 6.08 Å². The van der Waals surface area contributed by atoms with Gasteiger partial charge in [-0.2, -0.15) is 0 Å². The third-order valence-electron chi connectivity index (χ3n) is 2.49. The highest BCUT2D eigenvalue weighted by Crippen LogP contribution is 2.19. The number of benzene rings is 2. The molecular weight excluding hydrogens is 260 g/mol. The number of Topliss-reactive ketones (excluding diaryl/α,β-unsaturated/α-hetero) is 1. The molecule has 0 aromatic heterocycles. The Hall–Kier alpha value is -2.06. The molecular formula is C16H13ClO2. The largest absolute Gasteiger partial charge is 0.454 e. The lowest BCUT2D eigenvalue weighted by Gasteiger charge is -2.07. The van der Waals surface area contributed by atoms with Gasteiger partial charge in [-0.05, 0) is 35.9 Å². The maximum atomic E-state index is 11.6. The zero-order valence-corrected chi connectivity index (χ0v) is 11.2. The van der Waals surface area contributed by atoms with Crippen LogP contribution in [-0.2, 0) is 4.79 Å². The van der Waals surface area contributed by atoms with Crippen LogP contribution in [0.2, 0.25) is 5.02 Å². The maximum Gasteiger partial charge on any atom is 0.194 e. The van der Waals surface area contributed by atoms with Crippen LogP contribution in [0, 0.1) is 0 Å². The molecule has 0 N–H and O–H groups in total. The Labute approximate surface area is 117 Å². The van der Waals surface area contributed by atoms with E-state index in [2.05, 4.69) is 0 Å². The summed E-state index contributed by atoms with van der Waals surface area (Å²) in [6.45, 7) is 1.48. The van der Waals surface area contributed by atoms with Crippen LogP contribution in [0.4, 0.5) is 0 Å². The molecule has 2 aromatic carbocycles. The third-order valence-corrected chi connectivity index (χ3v) is 2.74. The second-order valence-electron chi connectivity index (χ2n) is 4.03. The van der Waals surface area contributed by atoms with Gasteiger partial charge in [-0.3, -0.25) is 4.79 Å². The number of hydrogen-bond acceptors (Lipinski definition) is 2. The topological polar surface area (TPSA) is 26.3 Å². The van der Waals surface area contributed by atoms with Gasteiger partial charge >= 0.3 is 0 Å². The van der Waals surface area contributed by atoms with Gasteiger partial charge in [0.2, 0.25) is 0 Å². The molecule has 0 saturated carbocycles. The summed E-state index contributed by atoms with van der Waals surface area (Å²) in [4.78, 5) is 11.6. The number of carbonyl (C=O) groups is 1. The van der Waals surface area contributed by atoms with Gasteiger partial charge in [0.15, 0.2) is 11.5 Å². The molecule has 0 aliphatic heterocycles. The van der Waals surface area contributed by atoms with E-state index in [4.69, 9.17) is 16.3 Å². The Balaban J connectivity index is 2.24. The highest BCUT2D eigenvalue weighted by Gasteiger charge is 2.07. The summed E-state index contributed by atoms with van der Waals surface area (Å²) in [5.74, 6) is 0.758. The summed E-state index contributed by atoms with van der Waals surface area (Å²) in [5.41, 5.74) is 0.918. The molecule has 0 bridgehead atoms. The van der Waals surface area contributed by atoms with Crippen molar-refractivity contribution in [3.05, 3.63) is 70.9 Å².